The van der Waals surface area contributed by atoms with E-state index in [1.807, 2.05) is 39.0 Å². The monoisotopic (exact) mass is 272 g/mol. The molecule has 2 aromatic rings. The predicted molar refractivity (Wildman–Crippen MR) is 80.7 cm³/mol. The van der Waals surface area contributed by atoms with Gasteiger partial charge in [-0.15, -0.1) is 0 Å². The van der Waals surface area contributed by atoms with E-state index in [1.54, 1.807) is 18.3 Å². The number of pyridine rings is 2. The summed E-state index contributed by atoms with van der Waals surface area (Å²) in [6, 6.07) is 9.38. The third-order valence-electron chi connectivity index (χ3n) is 2.74. The van der Waals surface area contributed by atoms with Gasteiger partial charge < -0.3 is 15.8 Å². The average Bonchev–Trinajstić information content (AvgIpc) is 2.43. The van der Waals surface area contributed by atoms with Crippen LogP contribution in [0.2, 0.25) is 0 Å². The zero-order chi connectivity index (χ0) is 14.5. The molecule has 0 aliphatic carbocycles. The van der Waals surface area contributed by atoms with Crippen LogP contribution in [-0.4, -0.2) is 16.1 Å². The van der Waals surface area contributed by atoms with Crippen molar-refractivity contribution < 1.29 is 4.74 Å². The summed E-state index contributed by atoms with van der Waals surface area (Å²) in [5, 5.41) is 3.26. The molecule has 0 aliphatic rings. The summed E-state index contributed by atoms with van der Waals surface area (Å²) in [5.74, 6) is 1.17. The molecule has 2 aromatic heterocycles. The summed E-state index contributed by atoms with van der Waals surface area (Å²) < 4.78 is 5.57. The Morgan fingerprint density at radius 3 is 2.60 bits per heavy atom. The number of anilines is 2. The first-order valence-corrected chi connectivity index (χ1v) is 6.67. The minimum atomic E-state index is 0.0142. The van der Waals surface area contributed by atoms with Gasteiger partial charge in [-0.25, -0.2) is 0 Å². The van der Waals surface area contributed by atoms with Gasteiger partial charge in [0, 0.05) is 12.3 Å². The van der Waals surface area contributed by atoms with Crippen LogP contribution in [0.5, 0.6) is 5.88 Å². The first-order valence-electron chi connectivity index (χ1n) is 6.67. The van der Waals surface area contributed by atoms with E-state index in [4.69, 9.17) is 10.5 Å². The molecule has 2 heterocycles. The quantitative estimate of drug-likeness (QED) is 0.875. The van der Waals surface area contributed by atoms with E-state index in [2.05, 4.69) is 15.3 Å². The maximum atomic E-state index is 5.95. The normalized spacial score (nSPS) is 12.2. The van der Waals surface area contributed by atoms with Gasteiger partial charge >= 0.3 is 0 Å². The Morgan fingerprint density at radius 2 is 1.95 bits per heavy atom. The number of nitrogen functional groups attached to an aromatic ring is 1. The molecule has 0 bridgehead atoms. The van der Waals surface area contributed by atoms with Crippen LogP contribution < -0.4 is 15.8 Å². The van der Waals surface area contributed by atoms with E-state index in [0.717, 1.165) is 5.69 Å². The zero-order valence-corrected chi connectivity index (χ0v) is 12.0. The molecule has 1 atom stereocenters. The fourth-order valence-electron chi connectivity index (χ4n) is 1.79. The molecular weight excluding hydrogens is 252 g/mol. The second-order valence-corrected chi connectivity index (χ2v) is 4.87. The van der Waals surface area contributed by atoms with Crippen LogP contribution in [0, 0.1) is 0 Å². The summed E-state index contributed by atoms with van der Waals surface area (Å²) >= 11 is 0. The second-order valence-electron chi connectivity index (χ2n) is 4.87. The molecule has 0 amide bonds. The van der Waals surface area contributed by atoms with Crippen LogP contribution >= 0.6 is 0 Å². The number of nitrogens with two attached hydrogens (primary N) is 1. The van der Waals surface area contributed by atoms with Crippen LogP contribution in [-0.2, 0) is 0 Å². The van der Waals surface area contributed by atoms with Gasteiger partial charge in [0.05, 0.1) is 23.5 Å². The van der Waals surface area contributed by atoms with Gasteiger partial charge in [0.15, 0.2) is 5.82 Å². The standard InChI is InChI=1S/C15H20N4O/c1-10(2)20-14-8-7-12(16)15(19-14)18-11(3)13-6-4-5-9-17-13/h4-11H,16H2,1-3H3,(H,18,19)/t11-/m0/s1. The number of aromatic nitrogens is 2. The smallest absolute Gasteiger partial charge is 0.215 e. The van der Waals surface area contributed by atoms with Crippen molar-refractivity contribution in [3.05, 3.63) is 42.2 Å². The lowest BCUT2D eigenvalue weighted by Gasteiger charge is -2.17. The highest BCUT2D eigenvalue weighted by molar-refractivity contribution is 5.62. The molecule has 0 saturated heterocycles. The lowest BCUT2D eigenvalue weighted by Crippen LogP contribution is -2.13. The molecule has 20 heavy (non-hydrogen) atoms. The van der Waals surface area contributed by atoms with Gasteiger partial charge in [-0.2, -0.15) is 4.98 Å². The zero-order valence-electron chi connectivity index (χ0n) is 12.0. The van der Waals surface area contributed by atoms with Gasteiger partial charge in [0.25, 0.3) is 0 Å². The average molecular weight is 272 g/mol. The van der Waals surface area contributed by atoms with Crippen molar-refractivity contribution in [2.75, 3.05) is 11.1 Å². The number of hydrogen-bond acceptors (Lipinski definition) is 5. The highest BCUT2D eigenvalue weighted by Gasteiger charge is 2.11. The predicted octanol–water partition coefficient (Wildman–Crippen LogP) is 3.02. The summed E-state index contributed by atoms with van der Waals surface area (Å²) in [7, 11) is 0. The molecular formula is C15H20N4O. The van der Waals surface area contributed by atoms with Gasteiger partial charge in [0.2, 0.25) is 5.88 Å². The van der Waals surface area contributed by atoms with Crippen molar-refractivity contribution in [1.82, 2.24) is 9.97 Å². The third kappa shape index (κ3) is 3.60. The largest absolute Gasteiger partial charge is 0.475 e. The minimum Gasteiger partial charge on any atom is -0.475 e. The Morgan fingerprint density at radius 1 is 1.15 bits per heavy atom. The molecule has 5 nitrogen and oxygen atoms in total. The van der Waals surface area contributed by atoms with E-state index in [-0.39, 0.29) is 12.1 Å². The van der Waals surface area contributed by atoms with E-state index < -0.39 is 0 Å². The van der Waals surface area contributed by atoms with Crippen LogP contribution in [0.4, 0.5) is 11.5 Å². The topological polar surface area (TPSA) is 73.1 Å². The van der Waals surface area contributed by atoms with Crippen molar-refractivity contribution in [3.8, 4) is 5.88 Å². The highest BCUT2D eigenvalue weighted by atomic mass is 16.5. The van der Waals surface area contributed by atoms with E-state index >= 15 is 0 Å². The number of nitrogens with zero attached hydrogens (tertiary/aromatic N) is 2. The first-order chi connectivity index (χ1) is 9.56. The van der Waals surface area contributed by atoms with Gasteiger partial charge in [-0.3, -0.25) is 4.98 Å². The molecule has 0 radical (unpaired) electrons. The van der Waals surface area contributed by atoms with Crippen molar-refractivity contribution >= 4 is 11.5 Å². The molecule has 106 valence electrons. The van der Waals surface area contributed by atoms with E-state index in [9.17, 15) is 0 Å². The van der Waals surface area contributed by atoms with Gasteiger partial charge in [0.1, 0.15) is 0 Å². The van der Waals surface area contributed by atoms with Crippen molar-refractivity contribution in [2.24, 2.45) is 0 Å². The lowest BCUT2D eigenvalue weighted by molar-refractivity contribution is 0.233. The summed E-state index contributed by atoms with van der Waals surface area (Å²) in [5.41, 5.74) is 7.47. The Balaban J connectivity index is 2.16. The SMILES string of the molecule is CC(C)Oc1ccc(N)c(N[C@@H](C)c2ccccn2)n1. The number of hydrogen-bond donors (Lipinski definition) is 2. The third-order valence-corrected chi connectivity index (χ3v) is 2.74. The Labute approximate surface area is 119 Å². The fraction of sp³-hybridized carbons (Fsp3) is 0.333. The maximum Gasteiger partial charge on any atom is 0.215 e. The van der Waals surface area contributed by atoms with Gasteiger partial charge in [-0.05, 0) is 39.0 Å². The molecule has 0 saturated carbocycles. The minimum absolute atomic E-state index is 0.0142. The number of rotatable bonds is 5. The molecule has 0 spiro atoms. The maximum absolute atomic E-state index is 5.95. The van der Waals surface area contributed by atoms with E-state index in [1.165, 1.54) is 0 Å². The molecule has 0 fully saturated rings. The molecule has 0 aliphatic heterocycles. The second kappa shape index (κ2) is 6.23. The molecule has 3 N–H and O–H groups in total. The van der Waals surface area contributed by atoms with Crippen molar-refractivity contribution in [2.45, 2.75) is 32.9 Å². The van der Waals surface area contributed by atoms with Crippen LogP contribution in [0.3, 0.4) is 0 Å². The van der Waals surface area contributed by atoms with Crippen molar-refractivity contribution in [1.29, 1.82) is 0 Å². The molecule has 0 aromatic carbocycles. The summed E-state index contributed by atoms with van der Waals surface area (Å²) in [6.07, 6.45) is 1.84. The fourth-order valence-corrected chi connectivity index (χ4v) is 1.79. The molecule has 0 unspecified atom stereocenters. The molecule has 5 heteroatoms. The van der Waals surface area contributed by atoms with Crippen LogP contribution in [0.25, 0.3) is 0 Å². The summed E-state index contributed by atoms with van der Waals surface area (Å²) in [6.45, 7) is 5.93. The highest BCUT2D eigenvalue weighted by Crippen LogP contribution is 2.24. The van der Waals surface area contributed by atoms with Crippen LogP contribution in [0.1, 0.15) is 32.5 Å². The number of ether oxygens (including phenoxy) is 1. The van der Waals surface area contributed by atoms with Gasteiger partial charge in [-0.1, -0.05) is 6.07 Å². The Bertz CT molecular complexity index is 557. The Kier molecular flexibility index (Phi) is 4.40. The van der Waals surface area contributed by atoms with E-state index in [0.29, 0.717) is 17.4 Å². The van der Waals surface area contributed by atoms with Crippen LogP contribution in [0.15, 0.2) is 36.5 Å². The van der Waals surface area contributed by atoms with Crippen molar-refractivity contribution in [3.63, 3.8) is 0 Å². The summed E-state index contributed by atoms with van der Waals surface area (Å²) in [4.78, 5) is 8.70. The Hall–Kier alpha value is -2.30. The lowest BCUT2D eigenvalue weighted by atomic mass is 10.2. The number of nitrogens with one attached hydrogen (secondary N) is 1. The first kappa shape index (κ1) is 14.1. The molecule has 2 rings (SSSR count).